The Kier molecular flexibility index (Phi) is 2.00. The van der Waals surface area contributed by atoms with Crippen molar-refractivity contribution in [2.24, 2.45) is 0 Å². The lowest BCUT2D eigenvalue weighted by molar-refractivity contribution is 0.414. The van der Waals surface area contributed by atoms with Crippen LogP contribution < -0.4 is 4.74 Å². The van der Waals surface area contributed by atoms with Gasteiger partial charge in [0.1, 0.15) is 0 Å². The number of aromatic nitrogens is 2. The second-order valence-electron chi connectivity index (χ2n) is 2.66. The lowest BCUT2D eigenvalue weighted by Crippen LogP contribution is -1.92. The molecule has 0 fully saturated rings. The normalized spacial score (nSPS) is 9.92. The molecule has 0 N–H and O–H groups in total. The van der Waals surface area contributed by atoms with Gasteiger partial charge in [-0.15, -0.1) is 0 Å². The molecule has 3 heteroatoms. The quantitative estimate of drug-likeness (QED) is 0.695. The first-order valence-electron chi connectivity index (χ1n) is 4.04. The van der Waals surface area contributed by atoms with Gasteiger partial charge in [0.2, 0.25) is 0 Å². The van der Waals surface area contributed by atoms with E-state index in [4.69, 9.17) is 4.74 Å². The van der Waals surface area contributed by atoms with Gasteiger partial charge in [0.05, 0.1) is 25.2 Å². The molecule has 2 rings (SSSR count). The van der Waals surface area contributed by atoms with E-state index in [-0.39, 0.29) is 0 Å². The van der Waals surface area contributed by atoms with Crippen LogP contribution in [0, 0.1) is 0 Å². The van der Waals surface area contributed by atoms with Gasteiger partial charge >= 0.3 is 0 Å². The molecule has 2 aromatic rings. The predicted octanol–water partition coefficient (Wildman–Crippen LogP) is 1.88. The average molecular weight is 174 g/mol. The van der Waals surface area contributed by atoms with Gasteiger partial charge in [-0.3, -0.25) is 0 Å². The molecule has 0 saturated carbocycles. The van der Waals surface area contributed by atoms with E-state index in [1.807, 2.05) is 36.5 Å². The molecule has 0 aliphatic rings. The van der Waals surface area contributed by atoms with Gasteiger partial charge in [-0.25, -0.2) is 4.68 Å². The fourth-order valence-corrected chi connectivity index (χ4v) is 1.13. The summed E-state index contributed by atoms with van der Waals surface area (Å²) < 4.78 is 6.81. The van der Waals surface area contributed by atoms with Gasteiger partial charge in [-0.1, -0.05) is 18.2 Å². The van der Waals surface area contributed by atoms with Crippen molar-refractivity contribution in [1.82, 2.24) is 9.78 Å². The highest BCUT2D eigenvalue weighted by Crippen LogP contribution is 2.11. The zero-order chi connectivity index (χ0) is 9.10. The summed E-state index contributed by atoms with van der Waals surface area (Å²) in [7, 11) is 1.63. The molecule has 1 aromatic carbocycles. The zero-order valence-corrected chi connectivity index (χ0v) is 7.34. The van der Waals surface area contributed by atoms with E-state index >= 15 is 0 Å². The molecule has 13 heavy (non-hydrogen) atoms. The van der Waals surface area contributed by atoms with Crippen LogP contribution >= 0.6 is 0 Å². The predicted molar refractivity (Wildman–Crippen MR) is 50.1 cm³/mol. The summed E-state index contributed by atoms with van der Waals surface area (Å²) in [5.74, 6) is 0.767. The second kappa shape index (κ2) is 3.31. The summed E-state index contributed by atoms with van der Waals surface area (Å²) >= 11 is 0. The number of hydrogen-bond acceptors (Lipinski definition) is 2. The van der Waals surface area contributed by atoms with Crippen molar-refractivity contribution in [2.75, 3.05) is 7.11 Å². The van der Waals surface area contributed by atoms with Crippen molar-refractivity contribution in [3.05, 3.63) is 42.7 Å². The van der Waals surface area contributed by atoms with E-state index in [9.17, 15) is 0 Å². The molecule has 0 atom stereocenters. The van der Waals surface area contributed by atoms with Crippen LogP contribution in [0.3, 0.4) is 0 Å². The van der Waals surface area contributed by atoms with Crippen molar-refractivity contribution in [3.63, 3.8) is 0 Å². The highest BCUT2D eigenvalue weighted by molar-refractivity contribution is 5.31. The molecule has 3 nitrogen and oxygen atoms in total. The first-order chi connectivity index (χ1) is 6.40. The first-order valence-corrected chi connectivity index (χ1v) is 4.04. The van der Waals surface area contributed by atoms with Crippen molar-refractivity contribution < 1.29 is 4.74 Å². The zero-order valence-electron chi connectivity index (χ0n) is 7.34. The Morgan fingerprint density at radius 3 is 2.62 bits per heavy atom. The van der Waals surface area contributed by atoms with E-state index in [1.165, 1.54) is 0 Å². The summed E-state index contributed by atoms with van der Waals surface area (Å²) in [5, 5.41) is 4.15. The molecule has 0 amide bonds. The number of para-hydroxylation sites is 1. The number of ether oxygens (including phenoxy) is 1. The largest absolute Gasteiger partial charge is 0.493 e. The van der Waals surface area contributed by atoms with Crippen LogP contribution in [-0.2, 0) is 0 Å². The molecule has 1 heterocycles. The van der Waals surface area contributed by atoms with Crippen LogP contribution in [0.25, 0.3) is 5.69 Å². The van der Waals surface area contributed by atoms with Gasteiger partial charge in [-0.05, 0) is 12.1 Å². The topological polar surface area (TPSA) is 27.1 Å². The van der Waals surface area contributed by atoms with E-state index in [0.717, 1.165) is 11.4 Å². The maximum absolute atomic E-state index is 5.03. The average Bonchev–Trinajstić information content (AvgIpc) is 2.67. The lowest BCUT2D eigenvalue weighted by Gasteiger charge is -1.98. The number of nitrogens with zero attached hydrogens (tertiary/aromatic N) is 2. The third kappa shape index (κ3) is 1.54. The Bertz CT molecular complexity index is 381. The third-order valence-electron chi connectivity index (χ3n) is 1.82. The van der Waals surface area contributed by atoms with Crippen LogP contribution in [0.2, 0.25) is 0 Å². The van der Waals surface area contributed by atoms with Crippen LogP contribution in [0.1, 0.15) is 0 Å². The summed E-state index contributed by atoms with van der Waals surface area (Å²) in [4.78, 5) is 0. The molecule has 0 unspecified atom stereocenters. The number of benzene rings is 1. The molecule has 0 spiro atoms. The summed E-state index contributed by atoms with van der Waals surface area (Å²) in [6.07, 6.45) is 3.53. The Labute approximate surface area is 76.6 Å². The fourth-order valence-electron chi connectivity index (χ4n) is 1.13. The highest BCUT2D eigenvalue weighted by atomic mass is 16.5. The molecule has 0 aliphatic carbocycles. The first kappa shape index (κ1) is 7.86. The Hall–Kier alpha value is -1.77. The van der Waals surface area contributed by atoms with Crippen molar-refractivity contribution >= 4 is 0 Å². The van der Waals surface area contributed by atoms with E-state index in [0.29, 0.717) is 0 Å². The van der Waals surface area contributed by atoms with E-state index < -0.39 is 0 Å². The number of methoxy groups -OCH3 is 1. The van der Waals surface area contributed by atoms with Crippen molar-refractivity contribution in [2.45, 2.75) is 0 Å². The van der Waals surface area contributed by atoms with Crippen molar-refractivity contribution in [1.29, 1.82) is 0 Å². The third-order valence-corrected chi connectivity index (χ3v) is 1.82. The lowest BCUT2D eigenvalue weighted by atomic mass is 10.3. The molecule has 1 aromatic heterocycles. The van der Waals surface area contributed by atoms with Gasteiger partial charge in [-0.2, -0.15) is 5.10 Å². The van der Waals surface area contributed by atoms with Crippen LogP contribution in [-0.4, -0.2) is 16.9 Å². The number of hydrogen-bond donors (Lipinski definition) is 0. The Balaban J connectivity index is 2.36. The summed E-state index contributed by atoms with van der Waals surface area (Å²) in [6, 6.07) is 9.91. The van der Waals surface area contributed by atoms with Gasteiger partial charge in [0, 0.05) is 0 Å². The van der Waals surface area contributed by atoms with Crippen LogP contribution in [0.4, 0.5) is 0 Å². The van der Waals surface area contributed by atoms with E-state index in [2.05, 4.69) is 5.10 Å². The summed E-state index contributed by atoms with van der Waals surface area (Å²) in [6.45, 7) is 0. The molecular formula is C10H10N2O. The standard InChI is InChI=1S/C10H10N2O/c1-13-10-7-11-12(8-10)9-5-3-2-4-6-9/h2-8H,1H3. The molecule has 0 saturated heterocycles. The Morgan fingerprint density at radius 1 is 1.23 bits per heavy atom. The minimum absolute atomic E-state index is 0.767. The SMILES string of the molecule is COc1cnn(-c2ccccc2)c1. The maximum atomic E-state index is 5.03. The fraction of sp³-hybridized carbons (Fsp3) is 0.100. The maximum Gasteiger partial charge on any atom is 0.157 e. The monoisotopic (exact) mass is 174 g/mol. The number of rotatable bonds is 2. The van der Waals surface area contributed by atoms with Crippen molar-refractivity contribution in [3.8, 4) is 11.4 Å². The summed E-state index contributed by atoms with van der Waals surface area (Å²) in [5.41, 5.74) is 1.03. The Morgan fingerprint density at radius 2 is 2.00 bits per heavy atom. The molecule has 0 aliphatic heterocycles. The molecular weight excluding hydrogens is 164 g/mol. The minimum Gasteiger partial charge on any atom is -0.493 e. The van der Waals surface area contributed by atoms with Crippen LogP contribution in [0.5, 0.6) is 5.75 Å². The molecule has 0 radical (unpaired) electrons. The molecule has 0 bridgehead atoms. The smallest absolute Gasteiger partial charge is 0.157 e. The van der Waals surface area contributed by atoms with Gasteiger partial charge in [0.15, 0.2) is 5.75 Å². The van der Waals surface area contributed by atoms with Gasteiger partial charge in [0.25, 0.3) is 0 Å². The van der Waals surface area contributed by atoms with E-state index in [1.54, 1.807) is 18.0 Å². The second-order valence-corrected chi connectivity index (χ2v) is 2.66. The van der Waals surface area contributed by atoms with Gasteiger partial charge < -0.3 is 4.74 Å². The highest BCUT2D eigenvalue weighted by Gasteiger charge is 1.98. The minimum atomic E-state index is 0.767. The van der Waals surface area contributed by atoms with Crippen LogP contribution in [0.15, 0.2) is 42.7 Å². The molecule has 66 valence electrons.